The summed E-state index contributed by atoms with van der Waals surface area (Å²) in [5, 5.41) is 6.31. The number of carbonyl (C=O) groups is 2. The first-order valence-electron chi connectivity index (χ1n) is 7.63. The number of fused-ring (bicyclic) bond motifs is 1. The number of nitrogens with one attached hydrogen (secondary N) is 2. The van der Waals surface area contributed by atoms with Gasteiger partial charge in [0.2, 0.25) is 11.8 Å². The summed E-state index contributed by atoms with van der Waals surface area (Å²) >= 11 is 5.99. The number of carbonyl (C=O) groups excluding carboxylic acids is 2. The van der Waals surface area contributed by atoms with Crippen molar-refractivity contribution < 1.29 is 14.3 Å². The molecule has 2 aliphatic rings. The molecular weight excluding hydrogens is 304 g/mol. The highest BCUT2D eigenvalue weighted by Gasteiger charge is 2.30. The van der Waals surface area contributed by atoms with Crippen LogP contribution in [0.3, 0.4) is 0 Å². The first-order valence-corrected chi connectivity index (χ1v) is 8.00. The maximum absolute atomic E-state index is 12.4. The van der Waals surface area contributed by atoms with E-state index in [-0.39, 0.29) is 17.7 Å². The fraction of sp³-hybridized carbons (Fsp3) is 0.500. The van der Waals surface area contributed by atoms with E-state index < -0.39 is 6.04 Å². The Morgan fingerprint density at radius 1 is 1.36 bits per heavy atom. The number of amides is 2. The topological polar surface area (TPSA) is 67.4 Å². The van der Waals surface area contributed by atoms with Gasteiger partial charge in [-0.3, -0.25) is 9.59 Å². The van der Waals surface area contributed by atoms with Gasteiger partial charge in [-0.2, -0.15) is 0 Å². The van der Waals surface area contributed by atoms with E-state index in [0.29, 0.717) is 31.0 Å². The average Bonchev–Trinajstić information content (AvgIpc) is 2.71. The molecule has 0 spiro atoms. The molecule has 22 heavy (non-hydrogen) atoms. The van der Waals surface area contributed by atoms with Gasteiger partial charge in [0.25, 0.3) is 0 Å². The van der Waals surface area contributed by atoms with Crippen LogP contribution in [0.25, 0.3) is 0 Å². The molecule has 0 radical (unpaired) electrons. The third-order valence-corrected chi connectivity index (χ3v) is 4.39. The van der Waals surface area contributed by atoms with Crippen molar-refractivity contribution in [2.75, 3.05) is 13.2 Å². The van der Waals surface area contributed by atoms with Crippen LogP contribution in [0.2, 0.25) is 5.02 Å². The number of ether oxygens (including phenoxy) is 1. The fourth-order valence-corrected chi connectivity index (χ4v) is 3.09. The van der Waals surface area contributed by atoms with Gasteiger partial charge in [0.15, 0.2) is 0 Å². The summed E-state index contributed by atoms with van der Waals surface area (Å²) in [6.45, 7) is 1.01. The lowest BCUT2D eigenvalue weighted by molar-refractivity contribution is -0.131. The average molecular weight is 323 g/mol. The minimum atomic E-state index is -0.434. The zero-order valence-electron chi connectivity index (χ0n) is 12.2. The Balaban J connectivity index is 1.64. The molecule has 0 aromatic heterocycles. The van der Waals surface area contributed by atoms with E-state index >= 15 is 0 Å². The minimum absolute atomic E-state index is 0.0916. The Bertz CT molecular complexity index is 591. The maximum atomic E-state index is 12.4. The lowest BCUT2D eigenvalue weighted by atomic mass is 9.95. The van der Waals surface area contributed by atoms with Gasteiger partial charge >= 0.3 is 0 Å². The van der Waals surface area contributed by atoms with Gasteiger partial charge in [0, 0.05) is 11.6 Å². The highest BCUT2D eigenvalue weighted by atomic mass is 35.5. The third-order valence-electron chi connectivity index (χ3n) is 4.15. The molecule has 118 valence electrons. The largest absolute Gasteiger partial charge is 0.492 e. The van der Waals surface area contributed by atoms with Crippen LogP contribution in [0.1, 0.15) is 24.8 Å². The van der Waals surface area contributed by atoms with Gasteiger partial charge in [0.1, 0.15) is 18.4 Å². The van der Waals surface area contributed by atoms with E-state index in [0.717, 1.165) is 24.2 Å². The van der Waals surface area contributed by atoms with Gasteiger partial charge in [-0.1, -0.05) is 11.6 Å². The van der Waals surface area contributed by atoms with E-state index in [1.54, 1.807) is 6.07 Å². The summed E-state index contributed by atoms with van der Waals surface area (Å²) in [6.07, 6.45) is 3.16. The molecule has 0 saturated carbocycles. The molecule has 2 heterocycles. The molecule has 5 nitrogen and oxygen atoms in total. The van der Waals surface area contributed by atoms with Crippen LogP contribution in [-0.2, 0) is 16.0 Å². The Hall–Kier alpha value is -1.75. The van der Waals surface area contributed by atoms with E-state index in [9.17, 15) is 9.59 Å². The predicted molar refractivity (Wildman–Crippen MR) is 82.9 cm³/mol. The molecule has 0 aliphatic carbocycles. The standard InChI is InChI=1S/C16H19ClN2O3/c17-12-4-5-14-10(8-12)7-11(9-22-14)15(20)19-13-3-1-2-6-18-16(13)21/h4-5,8,11,13H,1-3,6-7,9H2,(H,18,21)(H,19,20). The summed E-state index contributed by atoms with van der Waals surface area (Å²) in [5.41, 5.74) is 0.934. The van der Waals surface area contributed by atoms with Crippen LogP contribution in [-0.4, -0.2) is 31.0 Å². The highest BCUT2D eigenvalue weighted by Crippen LogP contribution is 2.29. The Morgan fingerprint density at radius 2 is 2.23 bits per heavy atom. The Kier molecular flexibility index (Phi) is 4.52. The molecule has 1 aromatic carbocycles. The second-order valence-corrected chi connectivity index (χ2v) is 6.25. The summed E-state index contributed by atoms with van der Waals surface area (Å²) in [5.74, 6) is 0.265. The molecule has 1 fully saturated rings. The second-order valence-electron chi connectivity index (χ2n) is 5.81. The molecule has 2 atom stereocenters. The van der Waals surface area contributed by atoms with Crippen molar-refractivity contribution >= 4 is 23.4 Å². The van der Waals surface area contributed by atoms with Crippen LogP contribution in [0.5, 0.6) is 5.75 Å². The quantitative estimate of drug-likeness (QED) is 0.870. The molecule has 2 amide bonds. The Morgan fingerprint density at radius 3 is 3.09 bits per heavy atom. The van der Waals surface area contributed by atoms with Crippen LogP contribution in [0, 0.1) is 5.92 Å². The van der Waals surface area contributed by atoms with Crippen molar-refractivity contribution in [3.8, 4) is 5.75 Å². The molecule has 0 bridgehead atoms. The number of rotatable bonds is 2. The van der Waals surface area contributed by atoms with Gasteiger partial charge in [-0.05, 0) is 49.4 Å². The normalized spacial score (nSPS) is 24.5. The van der Waals surface area contributed by atoms with E-state index in [2.05, 4.69) is 10.6 Å². The highest BCUT2D eigenvalue weighted by molar-refractivity contribution is 6.30. The van der Waals surface area contributed by atoms with E-state index in [4.69, 9.17) is 16.3 Å². The molecule has 1 aromatic rings. The number of halogens is 1. The van der Waals surface area contributed by atoms with Crippen LogP contribution < -0.4 is 15.4 Å². The summed E-state index contributed by atoms with van der Waals surface area (Å²) < 4.78 is 5.63. The zero-order chi connectivity index (χ0) is 15.5. The summed E-state index contributed by atoms with van der Waals surface area (Å²) in [4.78, 5) is 24.3. The third kappa shape index (κ3) is 3.35. The lowest BCUT2D eigenvalue weighted by Gasteiger charge is -2.26. The first kappa shape index (κ1) is 15.2. The van der Waals surface area contributed by atoms with E-state index in [1.165, 1.54) is 0 Å². The maximum Gasteiger partial charge on any atom is 0.242 e. The van der Waals surface area contributed by atoms with Crippen molar-refractivity contribution in [1.82, 2.24) is 10.6 Å². The van der Waals surface area contributed by atoms with Crippen LogP contribution in [0.15, 0.2) is 18.2 Å². The van der Waals surface area contributed by atoms with Crippen LogP contribution >= 0.6 is 11.6 Å². The SMILES string of the molecule is O=C(NC1CCCCNC1=O)C1COc2ccc(Cl)cc2C1. The smallest absolute Gasteiger partial charge is 0.242 e. The van der Waals surface area contributed by atoms with Crippen molar-refractivity contribution in [2.45, 2.75) is 31.7 Å². The molecule has 2 N–H and O–H groups in total. The predicted octanol–water partition coefficient (Wildman–Crippen LogP) is 1.68. The number of benzene rings is 1. The molecular formula is C16H19ClN2O3. The van der Waals surface area contributed by atoms with Gasteiger partial charge in [0.05, 0.1) is 5.92 Å². The molecule has 3 rings (SSSR count). The second kappa shape index (κ2) is 6.57. The van der Waals surface area contributed by atoms with Gasteiger partial charge in [-0.15, -0.1) is 0 Å². The summed E-state index contributed by atoms with van der Waals surface area (Å²) in [7, 11) is 0. The van der Waals surface area contributed by atoms with Crippen molar-refractivity contribution in [2.24, 2.45) is 5.92 Å². The zero-order valence-corrected chi connectivity index (χ0v) is 13.0. The monoisotopic (exact) mass is 322 g/mol. The van der Waals surface area contributed by atoms with Crippen LogP contribution in [0.4, 0.5) is 0 Å². The lowest BCUT2D eigenvalue weighted by Crippen LogP contribution is -2.49. The van der Waals surface area contributed by atoms with Crippen molar-refractivity contribution in [3.63, 3.8) is 0 Å². The van der Waals surface area contributed by atoms with Gasteiger partial charge in [-0.25, -0.2) is 0 Å². The van der Waals surface area contributed by atoms with Crippen molar-refractivity contribution in [1.29, 1.82) is 0 Å². The summed E-state index contributed by atoms with van der Waals surface area (Å²) in [6, 6.07) is 4.99. The first-order chi connectivity index (χ1) is 10.6. The van der Waals surface area contributed by atoms with Crippen molar-refractivity contribution in [3.05, 3.63) is 28.8 Å². The Labute approximate surface area is 134 Å². The minimum Gasteiger partial charge on any atom is -0.492 e. The van der Waals surface area contributed by atoms with Gasteiger partial charge < -0.3 is 15.4 Å². The fourth-order valence-electron chi connectivity index (χ4n) is 2.90. The van der Waals surface area contributed by atoms with E-state index in [1.807, 2.05) is 12.1 Å². The molecule has 2 aliphatic heterocycles. The number of hydrogen-bond donors (Lipinski definition) is 2. The molecule has 6 heteroatoms. The molecule has 2 unspecified atom stereocenters. The molecule has 1 saturated heterocycles. The number of hydrogen-bond acceptors (Lipinski definition) is 3.